The number of nitrogens with one attached hydrogen (secondary N) is 1. The van der Waals surface area contributed by atoms with Gasteiger partial charge in [-0.1, -0.05) is 76.6 Å². The number of halogens is 1. The van der Waals surface area contributed by atoms with Crippen LogP contribution < -0.4 is 5.43 Å². The molecule has 0 atom stereocenters. The van der Waals surface area contributed by atoms with Crippen LogP contribution in [0.2, 0.25) is 0 Å². The van der Waals surface area contributed by atoms with E-state index in [1.807, 2.05) is 98.2 Å². The van der Waals surface area contributed by atoms with Crippen molar-refractivity contribution in [1.82, 2.24) is 5.01 Å². The molecule has 0 bridgehead atoms. The molecule has 3 aromatic rings. The zero-order valence-corrected chi connectivity index (χ0v) is 16.0. The van der Waals surface area contributed by atoms with E-state index in [2.05, 4.69) is 31.6 Å². The zero-order chi connectivity index (χ0) is 18.2. The van der Waals surface area contributed by atoms with Gasteiger partial charge in [-0.15, -0.1) is 0 Å². The Morgan fingerprint density at radius 3 is 2.15 bits per heavy atom. The molecule has 5 heteroatoms. The minimum absolute atomic E-state index is 0.725. The highest BCUT2D eigenvalue weighted by Gasteiger charge is 2.08. The molecule has 0 aliphatic rings. The third-order valence-electron chi connectivity index (χ3n) is 3.65. The Hall–Kier alpha value is -2.92. The van der Waals surface area contributed by atoms with Crippen LogP contribution in [0.25, 0.3) is 0 Å². The first kappa shape index (κ1) is 17.9. The quantitative estimate of drug-likeness (QED) is 0.359. The average molecular weight is 407 g/mol. The van der Waals surface area contributed by atoms with Gasteiger partial charge in [0.2, 0.25) is 0 Å². The van der Waals surface area contributed by atoms with E-state index in [-0.39, 0.29) is 0 Å². The molecule has 0 aliphatic heterocycles. The van der Waals surface area contributed by atoms with Gasteiger partial charge in [0.1, 0.15) is 0 Å². The normalized spacial score (nSPS) is 11.5. The van der Waals surface area contributed by atoms with Crippen molar-refractivity contribution in [1.29, 1.82) is 0 Å². The molecule has 0 saturated carbocycles. The summed E-state index contributed by atoms with van der Waals surface area (Å²) in [5.41, 5.74) is 6.01. The van der Waals surface area contributed by atoms with Crippen LogP contribution in [0.15, 0.2) is 99.6 Å². The highest BCUT2D eigenvalue weighted by Crippen LogP contribution is 2.11. The smallest absolute Gasteiger partial charge is 0.176 e. The van der Waals surface area contributed by atoms with Gasteiger partial charge in [-0.25, -0.2) is 5.01 Å². The van der Waals surface area contributed by atoms with Gasteiger partial charge in [0, 0.05) is 17.1 Å². The van der Waals surface area contributed by atoms with Crippen LogP contribution in [0.5, 0.6) is 0 Å². The second-order valence-electron chi connectivity index (χ2n) is 5.60. The van der Waals surface area contributed by atoms with E-state index in [0.717, 1.165) is 27.1 Å². The third kappa shape index (κ3) is 5.04. The van der Waals surface area contributed by atoms with Crippen LogP contribution in [0.1, 0.15) is 11.1 Å². The van der Waals surface area contributed by atoms with E-state index in [1.165, 1.54) is 0 Å². The molecular formula is C21H19BrN4. The number of anilines is 1. The Morgan fingerprint density at radius 1 is 0.885 bits per heavy atom. The number of hydrogen-bond acceptors (Lipinski definition) is 3. The summed E-state index contributed by atoms with van der Waals surface area (Å²) in [7, 11) is 1.88. The van der Waals surface area contributed by atoms with Crippen molar-refractivity contribution in [3.63, 3.8) is 0 Å². The molecule has 0 saturated heterocycles. The van der Waals surface area contributed by atoms with Crippen molar-refractivity contribution < 1.29 is 0 Å². The maximum atomic E-state index is 4.56. The van der Waals surface area contributed by atoms with E-state index in [9.17, 15) is 0 Å². The zero-order valence-electron chi connectivity index (χ0n) is 14.4. The molecule has 4 nitrogen and oxygen atoms in total. The second kappa shape index (κ2) is 8.97. The monoisotopic (exact) mass is 406 g/mol. The number of benzene rings is 3. The van der Waals surface area contributed by atoms with Crippen LogP contribution in [-0.2, 0) is 0 Å². The lowest BCUT2D eigenvalue weighted by atomic mass is 10.2. The van der Waals surface area contributed by atoms with Gasteiger partial charge in [0.05, 0.1) is 11.9 Å². The number of hydrazone groups is 2. The number of nitrogens with zero attached hydrogens (tertiary/aromatic N) is 3. The van der Waals surface area contributed by atoms with Crippen LogP contribution >= 0.6 is 15.9 Å². The molecule has 0 fully saturated rings. The van der Waals surface area contributed by atoms with E-state index in [4.69, 9.17) is 0 Å². The Kier molecular flexibility index (Phi) is 6.17. The fraction of sp³-hybridized carbons (Fsp3) is 0.0476. The van der Waals surface area contributed by atoms with E-state index in [0.29, 0.717) is 0 Å². The highest BCUT2D eigenvalue weighted by molar-refractivity contribution is 9.10. The van der Waals surface area contributed by atoms with Gasteiger partial charge in [-0.3, -0.25) is 5.43 Å². The molecule has 130 valence electrons. The second-order valence-corrected chi connectivity index (χ2v) is 6.51. The minimum atomic E-state index is 0.725. The van der Waals surface area contributed by atoms with Crippen molar-refractivity contribution in [2.24, 2.45) is 10.2 Å². The molecular weight excluding hydrogens is 388 g/mol. The molecule has 0 aromatic heterocycles. The largest absolute Gasteiger partial charge is 0.276 e. The van der Waals surface area contributed by atoms with Gasteiger partial charge in [-0.05, 0) is 29.8 Å². The van der Waals surface area contributed by atoms with Crippen molar-refractivity contribution in [3.8, 4) is 0 Å². The summed E-state index contributed by atoms with van der Waals surface area (Å²) in [5, 5.41) is 10.9. The molecule has 0 spiro atoms. The summed E-state index contributed by atoms with van der Waals surface area (Å²) >= 11 is 3.44. The Balaban J connectivity index is 1.83. The first-order valence-electron chi connectivity index (χ1n) is 8.20. The lowest BCUT2D eigenvalue weighted by Gasteiger charge is -2.16. The SMILES string of the molecule is CN(/N=C/c1ccc(Br)cc1)/C(=N\Nc1ccccc1)c1ccccc1. The van der Waals surface area contributed by atoms with E-state index in [1.54, 1.807) is 5.01 Å². The average Bonchev–Trinajstić information content (AvgIpc) is 2.69. The number of hydrogen-bond donors (Lipinski definition) is 1. The molecule has 0 amide bonds. The van der Waals surface area contributed by atoms with Crippen molar-refractivity contribution >= 4 is 33.7 Å². The highest BCUT2D eigenvalue weighted by atomic mass is 79.9. The van der Waals surface area contributed by atoms with Crippen LogP contribution in [-0.4, -0.2) is 24.1 Å². The Morgan fingerprint density at radius 2 is 1.50 bits per heavy atom. The van der Waals surface area contributed by atoms with Gasteiger partial charge in [-0.2, -0.15) is 10.2 Å². The van der Waals surface area contributed by atoms with Crippen molar-refractivity contribution in [3.05, 3.63) is 101 Å². The van der Waals surface area contributed by atoms with Gasteiger partial charge >= 0.3 is 0 Å². The molecule has 0 heterocycles. The minimum Gasteiger partial charge on any atom is -0.276 e. The predicted molar refractivity (Wildman–Crippen MR) is 113 cm³/mol. The summed E-state index contributed by atoms with van der Waals surface area (Å²) in [5.74, 6) is 0.725. The lowest BCUT2D eigenvalue weighted by Crippen LogP contribution is -2.24. The van der Waals surface area contributed by atoms with Gasteiger partial charge < -0.3 is 0 Å². The van der Waals surface area contributed by atoms with E-state index >= 15 is 0 Å². The van der Waals surface area contributed by atoms with Gasteiger partial charge in [0.15, 0.2) is 5.84 Å². The van der Waals surface area contributed by atoms with Crippen LogP contribution in [0.4, 0.5) is 5.69 Å². The van der Waals surface area contributed by atoms with Crippen molar-refractivity contribution in [2.45, 2.75) is 0 Å². The fourth-order valence-electron chi connectivity index (χ4n) is 2.30. The molecule has 0 unspecified atom stereocenters. The third-order valence-corrected chi connectivity index (χ3v) is 4.18. The molecule has 0 radical (unpaired) electrons. The number of rotatable bonds is 5. The number of para-hydroxylation sites is 1. The maximum absolute atomic E-state index is 4.56. The molecule has 3 aromatic carbocycles. The van der Waals surface area contributed by atoms with Crippen molar-refractivity contribution in [2.75, 3.05) is 12.5 Å². The molecule has 26 heavy (non-hydrogen) atoms. The fourth-order valence-corrected chi connectivity index (χ4v) is 2.56. The van der Waals surface area contributed by atoms with Crippen LogP contribution in [0.3, 0.4) is 0 Å². The first-order chi connectivity index (χ1) is 12.7. The predicted octanol–water partition coefficient (Wildman–Crippen LogP) is 5.19. The summed E-state index contributed by atoms with van der Waals surface area (Å²) in [6.07, 6.45) is 1.81. The summed E-state index contributed by atoms with van der Waals surface area (Å²) in [4.78, 5) is 0. The lowest BCUT2D eigenvalue weighted by molar-refractivity contribution is 0.547. The maximum Gasteiger partial charge on any atom is 0.176 e. The first-order valence-corrected chi connectivity index (χ1v) is 8.99. The molecule has 1 N–H and O–H groups in total. The summed E-state index contributed by atoms with van der Waals surface area (Å²) in [6.45, 7) is 0. The standard InChI is InChI=1S/C21H19BrN4/c1-26(23-16-17-12-14-19(22)15-13-17)21(18-8-4-2-5-9-18)25-24-20-10-6-3-7-11-20/h2-16,24H,1H3/b23-16+,25-21-. The summed E-state index contributed by atoms with van der Waals surface area (Å²) in [6, 6.07) is 27.8. The Labute approximate surface area is 162 Å². The topological polar surface area (TPSA) is 40.0 Å². The molecule has 0 aliphatic carbocycles. The van der Waals surface area contributed by atoms with Crippen LogP contribution in [0, 0.1) is 0 Å². The van der Waals surface area contributed by atoms with E-state index < -0.39 is 0 Å². The molecule has 3 rings (SSSR count). The number of amidine groups is 1. The Bertz CT molecular complexity index is 875. The van der Waals surface area contributed by atoms with Gasteiger partial charge in [0.25, 0.3) is 0 Å². The summed E-state index contributed by atoms with van der Waals surface area (Å²) < 4.78 is 1.04.